The quantitative estimate of drug-likeness (QED) is 0.755. The smallest absolute Gasteiger partial charge is 0.0314 e. The van der Waals surface area contributed by atoms with Crippen LogP contribution in [0.15, 0.2) is 10.5 Å². The van der Waals surface area contributed by atoms with Gasteiger partial charge in [-0.2, -0.15) is 0 Å². The Morgan fingerprint density at radius 3 is 2.37 bits per heavy atom. The van der Waals surface area contributed by atoms with Crippen LogP contribution in [-0.2, 0) is 6.54 Å². The molecular weight excluding hydrogens is 320 g/mol. The molecule has 0 aliphatic heterocycles. The molecule has 0 saturated heterocycles. The molecule has 0 fully saturated rings. The van der Waals surface area contributed by atoms with Crippen LogP contribution in [0.4, 0.5) is 0 Å². The van der Waals surface area contributed by atoms with Crippen molar-refractivity contribution in [2.24, 2.45) is 5.92 Å². The minimum atomic E-state index is 0.625. The summed E-state index contributed by atoms with van der Waals surface area (Å²) in [5.41, 5.74) is 0. The Balaban J connectivity index is 2.48. The van der Waals surface area contributed by atoms with Crippen LogP contribution in [0.3, 0.4) is 0 Å². The molecule has 0 saturated carbocycles. The first-order valence-electron chi connectivity index (χ1n) is 7.11. The molecule has 0 amide bonds. The SMILES string of the molecule is CCC(CC)C(CNCc1cc(Br)c(C)s1)N(C)C. The summed E-state index contributed by atoms with van der Waals surface area (Å²) >= 11 is 5.45. The molecule has 1 heterocycles. The third kappa shape index (κ3) is 5.18. The van der Waals surface area contributed by atoms with Gasteiger partial charge >= 0.3 is 0 Å². The zero-order valence-electron chi connectivity index (χ0n) is 12.8. The van der Waals surface area contributed by atoms with Crippen LogP contribution in [0.2, 0.25) is 0 Å². The molecule has 0 radical (unpaired) electrons. The van der Waals surface area contributed by atoms with E-state index in [-0.39, 0.29) is 0 Å². The summed E-state index contributed by atoms with van der Waals surface area (Å²) < 4.78 is 1.23. The van der Waals surface area contributed by atoms with E-state index in [4.69, 9.17) is 0 Å². The van der Waals surface area contributed by atoms with Crippen molar-refractivity contribution >= 4 is 27.3 Å². The number of thiophene rings is 1. The van der Waals surface area contributed by atoms with Gasteiger partial charge in [-0.25, -0.2) is 0 Å². The molecular formula is C15H27BrN2S. The maximum atomic E-state index is 3.62. The molecule has 0 aliphatic carbocycles. The lowest BCUT2D eigenvalue weighted by atomic mass is 9.93. The van der Waals surface area contributed by atoms with Gasteiger partial charge in [-0.3, -0.25) is 0 Å². The van der Waals surface area contributed by atoms with Crippen molar-refractivity contribution in [2.75, 3.05) is 20.6 Å². The third-order valence-corrected chi connectivity index (χ3v) is 5.95. The molecule has 0 aliphatic rings. The summed E-state index contributed by atoms with van der Waals surface area (Å²) in [6.45, 7) is 8.79. The fourth-order valence-electron chi connectivity index (χ4n) is 2.55. The normalized spacial score (nSPS) is 13.5. The van der Waals surface area contributed by atoms with Crippen LogP contribution in [0, 0.1) is 12.8 Å². The van der Waals surface area contributed by atoms with Crippen LogP contribution in [-0.4, -0.2) is 31.6 Å². The van der Waals surface area contributed by atoms with E-state index in [2.05, 4.69) is 67.1 Å². The van der Waals surface area contributed by atoms with Gasteiger partial charge in [-0.15, -0.1) is 11.3 Å². The Morgan fingerprint density at radius 1 is 1.32 bits per heavy atom. The van der Waals surface area contributed by atoms with Gasteiger partial charge in [0.05, 0.1) is 0 Å². The van der Waals surface area contributed by atoms with Crippen molar-refractivity contribution in [1.82, 2.24) is 10.2 Å². The van der Waals surface area contributed by atoms with Crippen molar-refractivity contribution in [2.45, 2.75) is 46.2 Å². The number of rotatable bonds is 8. The van der Waals surface area contributed by atoms with Crippen LogP contribution in [0.5, 0.6) is 0 Å². The van der Waals surface area contributed by atoms with Crippen LogP contribution < -0.4 is 5.32 Å². The molecule has 19 heavy (non-hydrogen) atoms. The van der Waals surface area contributed by atoms with E-state index in [0.717, 1.165) is 19.0 Å². The predicted octanol–water partition coefficient (Wildman–Crippen LogP) is 4.28. The summed E-state index contributed by atoms with van der Waals surface area (Å²) in [4.78, 5) is 5.13. The maximum Gasteiger partial charge on any atom is 0.0314 e. The molecule has 1 aromatic heterocycles. The summed E-state index contributed by atoms with van der Waals surface area (Å²) in [5, 5.41) is 3.62. The van der Waals surface area contributed by atoms with E-state index in [1.54, 1.807) is 0 Å². The lowest BCUT2D eigenvalue weighted by molar-refractivity contribution is 0.194. The first-order valence-corrected chi connectivity index (χ1v) is 8.72. The fourth-order valence-corrected chi connectivity index (χ4v) is 4.12. The van der Waals surface area contributed by atoms with E-state index in [9.17, 15) is 0 Å². The third-order valence-electron chi connectivity index (χ3n) is 3.82. The van der Waals surface area contributed by atoms with Crippen molar-refractivity contribution in [3.05, 3.63) is 20.3 Å². The van der Waals surface area contributed by atoms with Gasteiger partial charge in [-0.1, -0.05) is 26.7 Å². The highest BCUT2D eigenvalue weighted by Gasteiger charge is 2.20. The van der Waals surface area contributed by atoms with Gasteiger partial charge in [-0.05, 0) is 48.9 Å². The van der Waals surface area contributed by atoms with E-state index < -0.39 is 0 Å². The second-order valence-corrected chi connectivity index (χ2v) is 7.55. The zero-order valence-corrected chi connectivity index (χ0v) is 15.2. The monoisotopic (exact) mass is 346 g/mol. The molecule has 2 nitrogen and oxygen atoms in total. The minimum Gasteiger partial charge on any atom is -0.310 e. The number of hydrogen-bond donors (Lipinski definition) is 1. The molecule has 1 N–H and O–H groups in total. The predicted molar refractivity (Wildman–Crippen MR) is 90.0 cm³/mol. The van der Waals surface area contributed by atoms with Crippen molar-refractivity contribution in [3.63, 3.8) is 0 Å². The molecule has 1 rings (SSSR count). The van der Waals surface area contributed by atoms with E-state index >= 15 is 0 Å². The average molecular weight is 347 g/mol. The standard InChI is InChI=1S/C15H27BrN2S/c1-6-12(7-2)15(18(4)5)10-17-9-13-8-14(16)11(3)19-13/h8,12,15,17H,6-7,9-10H2,1-5H3. The maximum absolute atomic E-state index is 3.62. The lowest BCUT2D eigenvalue weighted by Gasteiger charge is -2.31. The van der Waals surface area contributed by atoms with Crippen LogP contribution in [0.25, 0.3) is 0 Å². The second-order valence-electron chi connectivity index (χ2n) is 5.36. The van der Waals surface area contributed by atoms with Crippen LogP contribution >= 0.6 is 27.3 Å². The minimum absolute atomic E-state index is 0.625. The topological polar surface area (TPSA) is 15.3 Å². The molecule has 4 heteroatoms. The molecule has 110 valence electrons. The zero-order chi connectivity index (χ0) is 14.4. The van der Waals surface area contributed by atoms with E-state index in [1.807, 2.05) is 11.3 Å². The molecule has 1 unspecified atom stereocenters. The highest BCUT2D eigenvalue weighted by Crippen LogP contribution is 2.26. The Morgan fingerprint density at radius 2 is 1.95 bits per heavy atom. The number of halogens is 1. The molecule has 0 spiro atoms. The molecule has 1 atom stereocenters. The van der Waals surface area contributed by atoms with Crippen molar-refractivity contribution in [1.29, 1.82) is 0 Å². The Kier molecular flexibility index (Phi) is 7.58. The van der Waals surface area contributed by atoms with Gasteiger partial charge in [0.15, 0.2) is 0 Å². The fraction of sp³-hybridized carbons (Fsp3) is 0.733. The Hall–Kier alpha value is 0.1000. The average Bonchev–Trinajstić information content (AvgIpc) is 2.67. The number of likely N-dealkylation sites (N-methyl/N-ethyl adjacent to an activating group) is 1. The van der Waals surface area contributed by atoms with Gasteiger partial charge < -0.3 is 10.2 Å². The Labute approximate surface area is 130 Å². The lowest BCUT2D eigenvalue weighted by Crippen LogP contribution is -2.42. The van der Waals surface area contributed by atoms with E-state index in [0.29, 0.717) is 6.04 Å². The highest BCUT2D eigenvalue weighted by atomic mass is 79.9. The number of nitrogens with one attached hydrogen (secondary N) is 1. The number of hydrogen-bond acceptors (Lipinski definition) is 3. The largest absolute Gasteiger partial charge is 0.310 e. The van der Waals surface area contributed by atoms with Gasteiger partial charge in [0.2, 0.25) is 0 Å². The Bertz CT molecular complexity index is 353. The van der Waals surface area contributed by atoms with Crippen molar-refractivity contribution in [3.8, 4) is 0 Å². The summed E-state index contributed by atoms with van der Waals surface area (Å²) in [7, 11) is 4.38. The van der Waals surface area contributed by atoms with Crippen LogP contribution in [0.1, 0.15) is 36.4 Å². The first kappa shape index (κ1) is 17.2. The summed E-state index contributed by atoms with van der Waals surface area (Å²) in [6, 6.07) is 2.86. The number of aryl methyl sites for hydroxylation is 1. The highest BCUT2D eigenvalue weighted by molar-refractivity contribution is 9.10. The van der Waals surface area contributed by atoms with Crippen molar-refractivity contribution < 1.29 is 0 Å². The first-order chi connectivity index (χ1) is 8.99. The van der Waals surface area contributed by atoms with Gasteiger partial charge in [0.25, 0.3) is 0 Å². The number of nitrogens with zero attached hydrogens (tertiary/aromatic N) is 1. The molecule has 1 aromatic rings. The van der Waals surface area contributed by atoms with Gasteiger partial charge in [0.1, 0.15) is 0 Å². The molecule has 0 bridgehead atoms. The summed E-state index contributed by atoms with van der Waals surface area (Å²) in [5.74, 6) is 0.777. The summed E-state index contributed by atoms with van der Waals surface area (Å²) in [6.07, 6.45) is 2.51. The van der Waals surface area contributed by atoms with Gasteiger partial charge in [0, 0.05) is 33.4 Å². The van der Waals surface area contributed by atoms with E-state index in [1.165, 1.54) is 27.1 Å². The second kappa shape index (κ2) is 8.40. The molecule has 0 aromatic carbocycles.